The van der Waals surface area contributed by atoms with Crippen LogP contribution in [0.5, 0.6) is 0 Å². The SMILES string of the molecule is COCc1nc(C)cc(N2CCC(O)(C3CC3)C2)n1. The van der Waals surface area contributed by atoms with Gasteiger partial charge in [0.05, 0.1) is 5.60 Å². The third-order valence-electron chi connectivity index (χ3n) is 4.10. The van der Waals surface area contributed by atoms with Gasteiger partial charge >= 0.3 is 0 Å². The molecule has 1 aliphatic heterocycles. The predicted molar refractivity (Wildman–Crippen MR) is 72.0 cm³/mol. The molecular formula is C14H21N3O2. The van der Waals surface area contributed by atoms with Crippen LogP contribution in [0.3, 0.4) is 0 Å². The maximum absolute atomic E-state index is 10.6. The van der Waals surface area contributed by atoms with Gasteiger partial charge in [0.25, 0.3) is 0 Å². The lowest BCUT2D eigenvalue weighted by Crippen LogP contribution is -2.35. The number of aryl methyl sites for hydroxylation is 1. The summed E-state index contributed by atoms with van der Waals surface area (Å²) in [7, 11) is 1.65. The van der Waals surface area contributed by atoms with E-state index < -0.39 is 5.60 Å². The number of aliphatic hydroxyl groups is 1. The minimum atomic E-state index is -0.500. The van der Waals surface area contributed by atoms with E-state index in [9.17, 15) is 5.11 Å². The molecule has 2 aliphatic rings. The summed E-state index contributed by atoms with van der Waals surface area (Å²) >= 11 is 0. The van der Waals surface area contributed by atoms with Crippen molar-refractivity contribution in [1.29, 1.82) is 0 Å². The average Bonchev–Trinajstić information content (AvgIpc) is 3.14. The molecule has 1 N–H and O–H groups in total. The zero-order valence-electron chi connectivity index (χ0n) is 11.6. The Labute approximate surface area is 113 Å². The van der Waals surface area contributed by atoms with Crippen LogP contribution in [-0.2, 0) is 11.3 Å². The number of anilines is 1. The normalized spacial score (nSPS) is 27.0. The lowest BCUT2D eigenvalue weighted by Gasteiger charge is -2.23. The van der Waals surface area contributed by atoms with E-state index in [1.807, 2.05) is 13.0 Å². The number of hydrogen-bond donors (Lipinski definition) is 1. The molecular weight excluding hydrogens is 242 g/mol. The van der Waals surface area contributed by atoms with Crippen molar-refractivity contribution in [2.75, 3.05) is 25.1 Å². The quantitative estimate of drug-likeness (QED) is 0.887. The third kappa shape index (κ3) is 2.58. The Balaban J connectivity index is 1.79. The molecule has 3 rings (SSSR count). The average molecular weight is 263 g/mol. The first-order chi connectivity index (χ1) is 9.10. The summed E-state index contributed by atoms with van der Waals surface area (Å²) in [6.45, 7) is 3.96. The molecule has 2 fully saturated rings. The van der Waals surface area contributed by atoms with Crippen LogP contribution in [0.25, 0.3) is 0 Å². The number of rotatable bonds is 4. The summed E-state index contributed by atoms with van der Waals surface area (Å²) in [5, 5.41) is 10.6. The Bertz CT molecular complexity index is 476. The van der Waals surface area contributed by atoms with Gasteiger partial charge in [-0.3, -0.25) is 0 Å². The number of methoxy groups -OCH3 is 1. The van der Waals surface area contributed by atoms with Crippen molar-refractivity contribution in [2.45, 2.75) is 38.4 Å². The third-order valence-corrected chi connectivity index (χ3v) is 4.10. The molecule has 1 unspecified atom stereocenters. The Morgan fingerprint density at radius 2 is 2.26 bits per heavy atom. The van der Waals surface area contributed by atoms with Gasteiger partial charge in [-0.1, -0.05) is 0 Å². The first-order valence-corrected chi connectivity index (χ1v) is 6.91. The molecule has 0 radical (unpaired) electrons. The van der Waals surface area contributed by atoms with Gasteiger partial charge in [-0.15, -0.1) is 0 Å². The van der Waals surface area contributed by atoms with Gasteiger partial charge in [-0.05, 0) is 32.1 Å². The molecule has 0 amide bonds. The van der Waals surface area contributed by atoms with E-state index in [2.05, 4.69) is 14.9 Å². The molecule has 104 valence electrons. The van der Waals surface area contributed by atoms with Crippen LogP contribution in [0, 0.1) is 12.8 Å². The lowest BCUT2D eigenvalue weighted by atomic mass is 9.97. The molecule has 5 heteroatoms. The largest absolute Gasteiger partial charge is 0.388 e. The second-order valence-electron chi connectivity index (χ2n) is 5.77. The van der Waals surface area contributed by atoms with E-state index in [0.29, 0.717) is 24.9 Å². The highest BCUT2D eigenvalue weighted by atomic mass is 16.5. The van der Waals surface area contributed by atoms with E-state index in [4.69, 9.17) is 4.74 Å². The molecule has 1 atom stereocenters. The Kier molecular flexibility index (Phi) is 3.19. The van der Waals surface area contributed by atoms with Crippen LogP contribution < -0.4 is 4.90 Å². The number of nitrogens with zero attached hydrogens (tertiary/aromatic N) is 3. The smallest absolute Gasteiger partial charge is 0.156 e. The molecule has 19 heavy (non-hydrogen) atoms. The van der Waals surface area contributed by atoms with Crippen LogP contribution >= 0.6 is 0 Å². The Morgan fingerprint density at radius 3 is 2.95 bits per heavy atom. The molecule has 1 aromatic heterocycles. The highest BCUT2D eigenvalue weighted by molar-refractivity contribution is 5.42. The second-order valence-corrected chi connectivity index (χ2v) is 5.77. The van der Waals surface area contributed by atoms with Crippen molar-refractivity contribution >= 4 is 5.82 Å². The standard InChI is InChI=1S/C14H21N3O2/c1-10-7-13(16-12(15-10)8-19-2)17-6-5-14(18,9-17)11-3-4-11/h7,11,18H,3-6,8-9H2,1-2H3. The van der Waals surface area contributed by atoms with Crippen molar-refractivity contribution in [3.63, 3.8) is 0 Å². The highest BCUT2D eigenvalue weighted by Crippen LogP contribution is 2.45. The topological polar surface area (TPSA) is 58.5 Å². The molecule has 5 nitrogen and oxygen atoms in total. The van der Waals surface area contributed by atoms with Crippen LogP contribution in [0.15, 0.2) is 6.07 Å². The van der Waals surface area contributed by atoms with Gasteiger partial charge in [0.1, 0.15) is 12.4 Å². The zero-order valence-corrected chi connectivity index (χ0v) is 11.6. The molecule has 1 saturated heterocycles. The molecule has 1 aromatic rings. The summed E-state index contributed by atoms with van der Waals surface area (Å²) < 4.78 is 5.10. The molecule has 1 saturated carbocycles. The number of β-amino-alcohol motifs (C(OH)–C–C–N with tert-alkyl or cyclic N) is 1. The monoisotopic (exact) mass is 263 g/mol. The number of hydrogen-bond acceptors (Lipinski definition) is 5. The van der Waals surface area contributed by atoms with Crippen molar-refractivity contribution in [1.82, 2.24) is 9.97 Å². The Hall–Kier alpha value is -1.20. The van der Waals surface area contributed by atoms with Gasteiger partial charge < -0.3 is 14.7 Å². The van der Waals surface area contributed by atoms with Crippen LogP contribution in [0.2, 0.25) is 0 Å². The summed E-state index contributed by atoms with van der Waals surface area (Å²) in [5.41, 5.74) is 0.444. The van der Waals surface area contributed by atoms with E-state index in [0.717, 1.165) is 24.5 Å². The van der Waals surface area contributed by atoms with E-state index in [1.165, 1.54) is 12.8 Å². The first kappa shape index (κ1) is 12.8. The van der Waals surface area contributed by atoms with E-state index in [-0.39, 0.29) is 0 Å². The molecule has 2 heterocycles. The first-order valence-electron chi connectivity index (χ1n) is 6.91. The van der Waals surface area contributed by atoms with Gasteiger partial charge in [-0.25, -0.2) is 9.97 Å². The van der Waals surface area contributed by atoms with Gasteiger partial charge in [0, 0.05) is 32.0 Å². The van der Waals surface area contributed by atoms with E-state index >= 15 is 0 Å². The van der Waals surface area contributed by atoms with Crippen molar-refractivity contribution in [3.8, 4) is 0 Å². The second kappa shape index (κ2) is 4.72. The molecule has 1 aliphatic carbocycles. The fourth-order valence-electron chi connectivity index (χ4n) is 2.93. The van der Waals surface area contributed by atoms with Crippen molar-refractivity contribution < 1.29 is 9.84 Å². The number of aromatic nitrogens is 2. The van der Waals surface area contributed by atoms with Crippen LogP contribution in [0.1, 0.15) is 30.8 Å². The molecule has 0 spiro atoms. The lowest BCUT2D eigenvalue weighted by molar-refractivity contribution is 0.0400. The maximum Gasteiger partial charge on any atom is 0.156 e. The fourth-order valence-corrected chi connectivity index (χ4v) is 2.93. The summed E-state index contributed by atoms with van der Waals surface area (Å²) in [4.78, 5) is 11.1. The highest BCUT2D eigenvalue weighted by Gasteiger charge is 2.48. The summed E-state index contributed by atoms with van der Waals surface area (Å²) in [5.74, 6) is 2.12. The van der Waals surface area contributed by atoms with Crippen LogP contribution in [-0.4, -0.2) is 40.9 Å². The van der Waals surface area contributed by atoms with E-state index in [1.54, 1.807) is 7.11 Å². The van der Waals surface area contributed by atoms with Crippen molar-refractivity contribution in [3.05, 3.63) is 17.6 Å². The summed E-state index contributed by atoms with van der Waals surface area (Å²) in [6.07, 6.45) is 3.18. The van der Waals surface area contributed by atoms with Gasteiger partial charge in [-0.2, -0.15) is 0 Å². The van der Waals surface area contributed by atoms with Crippen LogP contribution in [0.4, 0.5) is 5.82 Å². The van der Waals surface area contributed by atoms with Gasteiger partial charge in [0.15, 0.2) is 5.82 Å². The predicted octanol–water partition coefficient (Wildman–Crippen LogP) is 1.28. The molecule has 0 aromatic carbocycles. The zero-order chi connectivity index (χ0) is 13.5. The maximum atomic E-state index is 10.6. The fraction of sp³-hybridized carbons (Fsp3) is 0.714. The summed E-state index contributed by atoms with van der Waals surface area (Å²) in [6, 6.07) is 1.98. The molecule has 0 bridgehead atoms. The Morgan fingerprint density at radius 1 is 1.47 bits per heavy atom. The van der Waals surface area contributed by atoms with Crippen molar-refractivity contribution in [2.24, 2.45) is 5.92 Å². The minimum Gasteiger partial charge on any atom is -0.388 e. The number of ether oxygens (including phenoxy) is 1. The van der Waals surface area contributed by atoms with Gasteiger partial charge in [0.2, 0.25) is 0 Å². The minimum absolute atomic E-state index is 0.426.